The summed E-state index contributed by atoms with van der Waals surface area (Å²) in [6.07, 6.45) is 2.75. The van der Waals surface area contributed by atoms with E-state index in [9.17, 15) is 19.7 Å². The molecular formula is C23H17ClN4O4. The Balaban J connectivity index is 1.79. The lowest BCUT2D eigenvalue weighted by atomic mass is 10.1. The lowest BCUT2D eigenvalue weighted by Crippen LogP contribution is -2.32. The zero-order valence-corrected chi connectivity index (χ0v) is 17.3. The van der Waals surface area contributed by atoms with E-state index in [0.29, 0.717) is 16.7 Å². The molecule has 0 heterocycles. The maximum atomic E-state index is 12.7. The van der Waals surface area contributed by atoms with Crippen LogP contribution in [0.5, 0.6) is 0 Å². The van der Waals surface area contributed by atoms with Crippen molar-refractivity contribution in [2.75, 3.05) is 0 Å². The van der Waals surface area contributed by atoms with Crippen LogP contribution in [0, 0.1) is 10.1 Å². The van der Waals surface area contributed by atoms with E-state index in [2.05, 4.69) is 15.8 Å². The van der Waals surface area contributed by atoms with Gasteiger partial charge >= 0.3 is 0 Å². The number of nitrogens with one attached hydrogen (secondary N) is 2. The Morgan fingerprint density at radius 1 is 0.938 bits per heavy atom. The minimum absolute atomic E-state index is 0.00658. The second-order valence-electron chi connectivity index (χ2n) is 6.46. The number of hydrogen-bond acceptors (Lipinski definition) is 5. The molecule has 3 rings (SSSR count). The molecule has 0 aliphatic heterocycles. The Kier molecular flexibility index (Phi) is 7.45. The summed E-state index contributed by atoms with van der Waals surface area (Å²) in [5.74, 6) is -1.13. The van der Waals surface area contributed by atoms with Crippen LogP contribution in [0.3, 0.4) is 0 Å². The highest BCUT2D eigenvalue weighted by molar-refractivity contribution is 6.32. The third-order valence-electron chi connectivity index (χ3n) is 4.19. The van der Waals surface area contributed by atoms with Crippen LogP contribution >= 0.6 is 11.6 Å². The van der Waals surface area contributed by atoms with Crippen molar-refractivity contribution in [3.63, 3.8) is 0 Å². The molecule has 0 aromatic heterocycles. The molecule has 0 bridgehead atoms. The first-order valence-electron chi connectivity index (χ1n) is 9.34. The van der Waals surface area contributed by atoms with Gasteiger partial charge in [0.15, 0.2) is 0 Å². The SMILES string of the molecule is O=C(N/N=C\c1ccc(Cl)c([N+](=O)[O-])c1)/C(=C/c1ccccc1)NC(=O)c1ccccc1. The van der Waals surface area contributed by atoms with Gasteiger partial charge in [-0.25, -0.2) is 5.43 Å². The summed E-state index contributed by atoms with van der Waals surface area (Å²) in [4.78, 5) is 35.6. The van der Waals surface area contributed by atoms with Crippen LogP contribution in [0.1, 0.15) is 21.5 Å². The summed E-state index contributed by atoms with van der Waals surface area (Å²) < 4.78 is 0. The van der Waals surface area contributed by atoms with E-state index >= 15 is 0 Å². The third kappa shape index (κ3) is 6.10. The van der Waals surface area contributed by atoms with Gasteiger partial charge in [0, 0.05) is 17.2 Å². The minimum Gasteiger partial charge on any atom is -0.317 e. The average Bonchev–Trinajstić information content (AvgIpc) is 2.80. The Morgan fingerprint density at radius 2 is 1.59 bits per heavy atom. The number of nitro groups is 1. The quantitative estimate of drug-likeness (QED) is 0.244. The molecule has 2 amide bonds. The van der Waals surface area contributed by atoms with Crippen LogP contribution in [-0.2, 0) is 4.79 Å². The number of hydrazone groups is 1. The van der Waals surface area contributed by atoms with Gasteiger partial charge in [-0.1, -0.05) is 66.2 Å². The Morgan fingerprint density at radius 3 is 2.25 bits per heavy atom. The Bertz CT molecular complexity index is 1200. The van der Waals surface area contributed by atoms with Crippen molar-refractivity contribution in [2.24, 2.45) is 5.10 Å². The van der Waals surface area contributed by atoms with Gasteiger partial charge in [0.25, 0.3) is 17.5 Å². The number of amides is 2. The summed E-state index contributed by atoms with van der Waals surface area (Å²) in [5, 5.41) is 17.4. The van der Waals surface area contributed by atoms with Gasteiger partial charge in [-0.15, -0.1) is 0 Å². The van der Waals surface area contributed by atoms with E-state index < -0.39 is 16.7 Å². The van der Waals surface area contributed by atoms with Crippen molar-refractivity contribution < 1.29 is 14.5 Å². The molecular weight excluding hydrogens is 432 g/mol. The van der Waals surface area contributed by atoms with Crippen LogP contribution in [0.15, 0.2) is 89.7 Å². The van der Waals surface area contributed by atoms with Crippen LogP contribution in [-0.4, -0.2) is 23.0 Å². The van der Waals surface area contributed by atoms with Crippen molar-refractivity contribution >= 4 is 41.4 Å². The Hall–Kier alpha value is -4.30. The topological polar surface area (TPSA) is 114 Å². The molecule has 0 aliphatic carbocycles. The first kappa shape index (κ1) is 22.4. The van der Waals surface area contributed by atoms with Crippen molar-refractivity contribution in [1.29, 1.82) is 0 Å². The number of benzene rings is 3. The van der Waals surface area contributed by atoms with E-state index in [1.807, 2.05) is 6.07 Å². The lowest BCUT2D eigenvalue weighted by molar-refractivity contribution is -0.384. The summed E-state index contributed by atoms with van der Waals surface area (Å²) in [6, 6.07) is 21.5. The van der Waals surface area contributed by atoms with Crippen molar-refractivity contribution in [2.45, 2.75) is 0 Å². The average molecular weight is 449 g/mol. The number of nitrogens with zero attached hydrogens (tertiary/aromatic N) is 2. The molecule has 2 N–H and O–H groups in total. The fourth-order valence-corrected chi connectivity index (χ4v) is 2.82. The van der Waals surface area contributed by atoms with Crippen molar-refractivity contribution in [3.05, 3.63) is 116 Å². The van der Waals surface area contributed by atoms with E-state index in [1.54, 1.807) is 54.6 Å². The van der Waals surface area contributed by atoms with Crippen LogP contribution in [0.25, 0.3) is 6.08 Å². The van der Waals surface area contributed by atoms with Crippen LogP contribution in [0.2, 0.25) is 5.02 Å². The lowest BCUT2D eigenvalue weighted by Gasteiger charge is -2.09. The molecule has 0 radical (unpaired) electrons. The molecule has 3 aromatic rings. The van der Waals surface area contributed by atoms with Gasteiger partial charge in [0.2, 0.25) is 0 Å². The molecule has 0 fully saturated rings. The number of hydrogen-bond donors (Lipinski definition) is 2. The molecule has 32 heavy (non-hydrogen) atoms. The monoisotopic (exact) mass is 448 g/mol. The second-order valence-corrected chi connectivity index (χ2v) is 6.86. The molecule has 8 nitrogen and oxygen atoms in total. The number of carbonyl (C=O) groups is 2. The smallest absolute Gasteiger partial charge is 0.288 e. The van der Waals surface area contributed by atoms with Gasteiger partial charge < -0.3 is 5.32 Å². The Labute approximate surface area is 188 Å². The minimum atomic E-state index is -0.669. The molecule has 0 unspecified atom stereocenters. The van der Waals surface area contributed by atoms with Crippen LogP contribution < -0.4 is 10.7 Å². The molecule has 0 atom stereocenters. The largest absolute Gasteiger partial charge is 0.317 e. The van der Waals surface area contributed by atoms with Gasteiger partial charge in [0.1, 0.15) is 10.7 Å². The molecule has 0 spiro atoms. The van der Waals surface area contributed by atoms with E-state index in [1.165, 1.54) is 30.5 Å². The van der Waals surface area contributed by atoms with E-state index in [4.69, 9.17) is 11.6 Å². The highest BCUT2D eigenvalue weighted by Crippen LogP contribution is 2.24. The summed E-state index contributed by atoms with van der Waals surface area (Å²) >= 11 is 5.79. The number of rotatable bonds is 7. The molecule has 9 heteroatoms. The van der Waals surface area contributed by atoms with Crippen molar-refractivity contribution in [1.82, 2.24) is 10.7 Å². The normalized spacial score (nSPS) is 11.2. The third-order valence-corrected chi connectivity index (χ3v) is 4.51. The molecule has 3 aromatic carbocycles. The molecule has 160 valence electrons. The van der Waals surface area contributed by atoms with Gasteiger partial charge in [0.05, 0.1) is 11.1 Å². The zero-order valence-electron chi connectivity index (χ0n) is 16.6. The zero-order chi connectivity index (χ0) is 22.9. The standard InChI is InChI=1S/C23H17ClN4O4/c24-19-12-11-17(14-21(19)28(31)32)15-25-27-23(30)20(13-16-7-3-1-4-8-16)26-22(29)18-9-5-2-6-10-18/h1-15H,(H,26,29)(H,27,30)/b20-13-,25-15-. The fraction of sp³-hybridized carbons (Fsp3) is 0. The first-order valence-corrected chi connectivity index (χ1v) is 9.72. The fourth-order valence-electron chi connectivity index (χ4n) is 2.63. The maximum absolute atomic E-state index is 12.7. The predicted octanol–water partition coefficient (Wildman–Crippen LogP) is 4.17. The highest BCUT2D eigenvalue weighted by atomic mass is 35.5. The number of halogens is 1. The highest BCUT2D eigenvalue weighted by Gasteiger charge is 2.15. The summed E-state index contributed by atoms with van der Waals surface area (Å²) in [7, 11) is 0. The summed E-state index contributed by atoms with van der Waals surface area (Å²) in [5.41, 5.74) is 3.46. The van der Waals surface area contributed by atoms with E-state index in [-0.39, 0.29) is 16.4 Å². The van der Waals surface area contributed by atoms with Gasteiger partial charge in [-0.2, -0.15) is 5.10 Å². The predicted molar refractivity (Wildman–Crippen MR) is 122 cm³/mol. The molecule has 0 saturated carbocycles. The van der Waals surface area contributed by atoms with Crippen LogP contribution in [0.4, 0.5) is 5.69 Å². The second kappa shape index (κ2) is 10.6. The van der Waals surface area contributed by atoms with E-state index in [0.717, 1.165) is 0 Å². The molecule has 0 saturated heterocycles. The van der Waals surface area contributed by atoms with Gasteiger partial charge in [-0.3, -0.25) is 19.7 Å². The summed E-state index contributed by atoms with van der Waals surface area (Å²) in [6.45, 7) is 0. The number of carbonyl (C=O) groups excluding carboxylic acids is 2. The maximum Gasteiger partial charge on any atom is 0.288 e. The first-order chi connectivity index (χ1) is 15.4. The molecule has 0 aliphatic rings. The van der Waals surface area contributed by atoms with Crippen molar-refractivity contribution in [3.8, 4) is 0 Å². The number of nitro benzene ring substituents is 1. The van der Waals surface area contributed by atoms with Gasteiger partial charge in [-0.05, 0) is 29.8 Å².